The van der Waals surface area contributed by atoms with Gasteiger partial charge in [0.1, 0.15) is 0 Å². The standard InChI is InChI=1S/C17H19N3O2S/c1-12-4-6-13(7-5-12)16(22)20-9-2-3-14(11-20)15(21)19-17-18-8-10-23-17/h4-8,10,14H,2-3,9,11H2,1H3,(H,18,19,21)/t14-/m1/s1. The number of likely N-dealkylation sites (tertiary alicyclic amines) is 1. The van der Waals surface area contributed by atoms with Crippen LogP contribution in [0.25, 0.3) is 0 Å². The summed E-state index contributed by atoms with van der Waals surface area (Å²) in [5.41, 5.74) is 1.80. The first-order valence-corrected chi connectivity index (χ1v) is 8.58. The van der Waals surface area contributed by atoms with Crippen molar-refractivity contribution < 1.29 is 9.59 Å². The molecule has 1 fully saturated rings. The van der Waals surface area contributed by atoms with Gasteiger partial charge in [0.15, 0.2) is 5.13 Å². The summed E-state index contributed by atoms with van der Waals surface area (Å²) in [6.45, 7) is 3.16. The van der Waals surface area contributed by atoms with Gasteiger partial charge in [0.05, 0.1) is 5.92 Å². The van der Waals surface area contributed by atoms with E-state index in [1.807, 2.05) is 36.6 Å². The number of carbonyl (C=O) groups excluding carboxylic acids is 2. The number of nitrogens with one attached hydrogen (secondary N) is 1. The molecule has 6 heteroatoms. The smallest absolute Gasteiger partial charge is 0.253 e. The van der Waals surface area contributed by atoms with Gasteiger partial charge in [0.2, 0.25) is 5.91 Å². The number of carbonyl (C=O) groups is 2. The molecule has 0 radical (unpaired) electrons. The third-order valence-electron chi connectivity index (χ3n) is 4.04. The van der Waals surface area contributed by atoms with Crippen molar-refractivity contribution in [3.8, 4) is 0 Å². The van der Waals surface area contributed by atoms with E-state index in [4.69, 9.17) is 0 Å². The molecule has 120 valence electrons. The van der Waals surface area contributed by atoms with Gasteiger partial charge in [0.25, 0.3) is 5.91 Å². The molecule has 0 saturated carbocycles. The van der Waals surface area contributed by atoms with Crippen molar-refractivity contribution in [2.45, 2.75) is 19.8 Å². The highest BCUT2D eigenvalue weighted by Gasteiger charge is 2.29. The fourth-order valence-electron chi connectivity index (χ4n) is 2.75. The number of benzene rings is 1. The summed E-state index contributed by atoms with van der Waals surface area (Å²) in [5.74, 6) is -0.236. The number of anilines is 1. The second-order valence-electron chi connectivity index (χ2n) is 5.78. The van der Waals surface area contributed by atoms with E-state index in [1.54, 1.807) is 11.1 Å². The largest absolute Gasteiger partial charge is 0.338 e. The number of rotatable bonds is 3. The number of hydrogen-bond acceptors (Lipinski definition) is 4. The second kappa shape index (κ2) is 6.91. The Bertz CT molecular complexity index is 682. The molecule has 1 aromatic carbocycles. The normalized spacial score (nSPS) is 17.8. The van der Waals surface area contributed by atoms with E-state index in [-0.39, 0.29) is 17.7 Å². The minimum Gasteiger partial charge on any atom is -0.338 e. The summed E-state index contributed by atoms with van der Waals surface area (Å²) < 4.78 is 0. The number of aromatic nitrogens is 1. The third-order valence-corrected chi connectivity index (χ3v) is 4.73. The molecule has 1 N–H and O–H groups in total. The quantitative estimate of drug-likeness (QED) is 0.942. The first kappa shape index (κ1) is 15.7. The zero-order valence-corrected chi connectivity index (χ0v) is 13.8. The Balaban J connectivity index is 1.64. The minimum absolute atomic E-state index is 0.00301. The van der Waals surface area contributed by atoms with Crippen LogP contribution in [0.1, 0.15) is 28.8 Å². The van der Waals surface area contributed by atoms with Crippen LogP contribution in [0.5, 0.6) is 0 Å². The van der Waals surface area contributed by atoms with Crippen LogP contribution in [0.15, 0.2) is 35.8 Å². The molecular formula is C17H19N3O2S. The number of amides is 2. The molecule has 3 rings (SSSR count). The predicted octanol–water partition coefficient (Wildman–Crippen LogP) is 2.94. The molecule has 5 nitrogen and oxygen atoms in total. The van der Waals surface area contributed by atoms with Crippen LogP contribution < -0.4 is 5.32 Å². The van der Waals surface area contributed by atoms with Crippen LogP contribution in [0.3, 0.4) is 0 Å². The van der Waals surface area contributed by atoms with E-state index >= 15 is 0 Å². The average Bonchev–Trinajstić information content (AvgIpc) is 3.08. The maximum absolute atomic E-state index is 12.6. The van der Waals surface area contributed by atoms with Gasteiger partial charge in [-0.15, -0.1) is 11.3 Å². The highest BCUT2D eigenvalue weighted by Crippen LogP contribution is 2.21. The van der Waals surface area contributed by atoms with Crippen molar-refractivity contribution in [3.05, 3.63) is 47.0 Å². The highest BCUT2D eigenvalue weighted by molar-refractivity contribution is 7.13. The fraction of sp³-hybridized carbons (Fsp3) is 0.353. The van der Waals surface area contributed by atoms with Gasteiger partial charge >= 0.3 is 0 Å². The van der Waals surface area contributed by atoms with E-state index in [0.29, 0.717) is 23.8 Å². The summed E-state index contributed by atoms with van der Waals surface area (Å²) in [7, 11) is 0. The van der Waals surface area contributed by atoms with Crippen molar-refractivity contribution in [1.82, 2.24) is 9.88 Å². The molecule has 0 aliphatic carbocycles. The molecule has 2 amide bonds. The molecule has 0 bridgehead atoms. The summed E-state index contributed by atoms with van der Waals surface area (Å²) in [5, 5.41) is 5.26. The average molecular weight is 329 g/mol. The number of hydrogen-bond donors (Lipinski definition) is 1. The molecule has 0 spiro atoms. The predicted molar refractivity (Wildman–Crippen MR) is 90.6 cm³/mol. The van der Waals surface area contributed by atoms with E-state index in [1.165, 1.54) is 11.3 Å². The Morgan fingerprint density at radius 1 is 1.30 bits per heavy atom. The molecule has 23 heavy (non-hydrogen) atoms. The summed E-state index contributed by atoms with van der Waals surface area (Å²) in [4.78, 5) is 30.8. The van der Waals surface area contributed by atoms with Gasteiger partial charge in [-0.25, -0.2) is 4.98 Å². The molecule has 2 aromatic rings. The Morgan fingerprint density at radius 3 is 2.78 bits per heavy atom. The SMILES string of the molecule is Cc1ccc(C(=O)N2CCC[C@@H](C(=O)Nc3nccs3)C2)cc1. The number of piperidine rings is 1. The van der Waals surface area contributed by atoms with Crippen molar-refractivity contribution in [2.75, 3.05) is 18.4 Å². The van der Waals surface area contributed by atoms with Crippen molar-refractivity contribution in [3.63, 3.8) is 0 Å². The molecule has 1 aliphatic rings. The summed E-state index contributed by atoms with van der Waals surface area (Å²) in [6.07, 6.45) is 3.30. The lowest BCUT2D eigenvalue weighted by Crippen LogP contribution is -2.43. The number of thiazole rings is 1. The van der Waals surface area contributed by atoms with Crippen molar-refractivity contribution in [2.24, 2.45) is 5.92 Å². The van der Waals surface area contributed by atoms with Gasteiger partial charge in [-0.3, -0.25) is 9.59 Å². The molecule has 2 heterocycles. The lowest BCUT2D eigenvalue weighted by Gasteiger charge is -2.32. The Hall–Kier alpha value is -2.21. The van der Waals surface area contributed by atoms with E-state index in [2.05, 4.69) is 10.3 Å². The maximum Gasteiger partial charge on any atom is 0.253 e. The Morgan fingerprint density at radius 2 is 2.09 bits per heavy atom. The molecule has 1 aliphatic heterocycles. The van der Waals surface area contributed by atoms with Crippen LogP contribution >= 0.6 is 11.3 Å². The first-order chi connectivity index (χ1) is 11.1. The topological polar surface area (TPSA) is 62.3 Å². The van der Waals surface area contributed by atoms with Crippen LogP contribution in [0.4, 0.5) is 5.13 Å². The first-order valence-electron chi connectivity index (χ1n) is 7.70. The lowest BCUT2D eigenvalue weighted by molar-refractivity contribution is -0.121. The zero-order valence-electron chi connectivity index (χ0n) is 13.0. The number of aryl methyl sites for hydroxylation is 1. The van der Waals surface area contributed by atoms with E-state index in [0.717, 1.165) is 18.4 Å². The third kappa shape index (κ3) is 3.76. The molecule has 1 atom stereocenters. The van der Waals surface area contributed by atoms with E-state index in [9.17, 15) is 9.59 Å². The van der Waals surface area contributed by atoms with Crippen LogP contribution in [-0.4, -0.2) is 34.8 Å². The molecule has 1 saturated heterocycles. The van der Waals surface area contributed by atoms with Crippen LogP contribution in [0, 0.1) is 12.8 Å². The lowest BCUT2D eigenvalue weighted by atomic mass is 9.96. The monoisotopic (exact) mass is 329 g/mol. The molecular weight excluding hydrogens is 310 g/mol. The minimum atomic E-state index is -0.179. The van der Waals surface area contributed by atoms with Gasteiger partial charge in [-0.1, -0.05) is 17.7 Å². The zero-order chi connectivity index (χ0) is 16.2. The molecule has 0 unspecified atom stereocenters. The van der Waals surface area contributed by atoms with Crippen molar-refractivity contribution in [1.29, 1.82) is 0 Å². The summed E-state index contributed by atoms with van der Waals surface area (Å²) in [6, 6.07) is 7.56. The van der Waals surface area contributed by atoms with E-state index < -0.39 is 0 Å². The van der Waals surface area contributed by atoms with Crippen LogP contribution in [-0.2, 0) is 4.79 Å². The fourth-order valence-corrected chi connectivity index (χ4v) is 3.28. The van der Waals surface area contributed by atoms with Crippen molar-refractivity contribution >= 4 is 28.3 Å². The van der Waals surface area contributed by atoms with Gasteiger partial charge in [-0.2, -0.15) is 0 Å². The molecule has 1 aromatic heterocycles. The summed E-state index contributed by atoms with van der Waals surface area (Å²) >= 11 is 1.40. The maximum atomic E-state index is 12.6. The highest BCUT2D eigenvalue weighted by atomic mass is 32.1. The Labute approximate surface area is 139 Å². The number of nitrogens with zero attached hydrogens (tertiary/aromatic N) is 2. The van der Waals surface area contributed by atoms with Gasteiger partial charge in [-0.05, 0) is 31.9 Å². The van der Waals surface area contributed by atoms with Gasteiger partial charge < -0.3 is 10.2 Å². The second-order valence-corrected chi connectivity index (χ2v) is 6.68. The Kier molecular flexibility index (Phi) is 4.71. The van der Waals surface area contributed by atoms with Crippen LogP contribution in [0.2, 0.25) is 0 Å². The van der Waals surface area contributed by atoms with Gasteiger partial charge in [0, 0.05) is 30.2 Å².